The zero-order valence-electron chi connectivity index (χ0n) is 12.9. The summed E-state index contributed by atoms with van der Waals surface area (Å²) in [6, 6.07) is 13.9. The fourth-order valence-electron chi connectivity index (χ4n) is 2.41. The summed E-state index contributed by atoms with van der Waals surface area (Å²) in [6.45, 7) is 1.96. The highest BCUT2D eigenvalue weighted by molar-refractivity contribution is 5.68. The molecule has 0 saturated heterocycles. The summed E-state index contributed by atoms with van der Waals surface area (Å²) in [5.74, 6) is 0.549. The number of nitro groups is 1. The third-order valence-corrected chi connectivity index (χ3v) is 3.66. The van der Waals surface area contributed by atoms with Crippen LogP contribution < -0.4 is 0 Å². The molecule has 0 saturated carbocycles. The first-order valence-corrected chi connectivity index (χ1v) is 7.25. The Labute approximate surface area is 137 Å². The SMILES string of the molecule is Cc1ccc(-c2nc(-c3ccc([N+](=O)[O-])cc3)[nH]c2COO)cc1. The monoisotopic (exact) mass is 325 g/mol. The number of aryl methyl sites for hydroxylation is 1. The van der Waals surface area contributed by atoms with Gasteiger partial charge < -0.3 is 4.98 Å². The molecule has 24 heavy (non-hydrogen) atoms. The summed E-state index contributed by atoms with van der Waals surface area (Å²) < 4.78 is 0. The van der Waals surface area contributed by atoms with Gasteiger partial charge >= 0.3 is 0 Å². The van der Waals surface area contributed by atoms with Gasteiger partial charge in [0.15, 0.2) is 0 Å². The van der Waals surface area contributed by atoms with Crippen molar-refractivity contribution < 1.29 is 15.1 Å². The Kier molecular flexibility index (Phi) is 4.37. The summed E-state index contributed by atoms with van der Waals surface area (Å²) in [4.78, 5) is 22.2. The zero-order valence-corrected chi connectivity index (χ0v) is 12.9. The van der Waals surface area contributed by atoms with Gasteiger partial charge in [-0.3, -0.25) is 15.4 Å². The van der Waals surface area contributed by atoms with Crippen LogP contribution in [0.15, 0.2) is 48.5 Å². The number of nitrogens with zero attached hydrogens (tertiary/aromatic N) is 2. The first kappa shape index (κ1) is 15.9. The van der Waals surface area contributed by atoms with Crippen molar-refractivity contribution in [2.24, 2.45) is 0 Å². The minimum Gasteiger partial charge on any atom is -0.339 e. The van der Waals surface area contributed by atoms with Crippen LogP contribution in [-0.2, 0) is 11.5 Å². The molecule has 7 heteroatoms. The summed E-state index contributed by atoms with van der Waals surface area (Å²) >= 11 is 0. The van der Waals surface area contributed by atoms with E-state index in [2.05, 4.69) is 14.9 Å². The molecule has 1 heterocycles. The van der Waals surface area contributed by atoms with E-state index in [9.17, 15) is 10.1 Å². The van der Waals surface area contributed by atoms with Gasteiger partial charge in [-0.2, -0.15) is 0 Å². The van der Waals surface area contributed by atoms with Crippen LogP contribution in [0.3, 0.4) is 0 Å². The molecule has 0 fully saturated rings. The molecule has 0 aliphatic heterocycles. The quantitative estimate of drug-likeness (QED) is 0.420. The topological polar surface area (TPSA) is 101 Å². The molecule has 3 aromatic rings. The van der Waals surface area contributed by atoms with Crippen molar-refractivity contribution in [3.8, 4) is 22.6 Å². The molecule has 0 atom stereocenters. The predicted octanol–water partition coefficient (Wildman–Crippen LogP) is 3.95. The number of benzene rings is 2. The lowest BCUT2D eigenvalue weighted by atomic mass is 10.1. The molecule has 2 N–H and O–H groups in total. The standard InChI is InChI=1S/C17H15N3O4/c1-11-2-4-12(5-3-11)16-15(10-24-23)18-17(19-16)13-6-8-14(9-7-13)20(21)22/h2-9,23H,10H2,1H3,(H,18,19). The number of nitrogens with one attached hydrogen (secondary N) is 1. The molecular weight excluding hydrogens is 310 g/mol. The Morgan fingerprint density at radius 3 is 2.33 bits per heavy atom. The van der Waals surface area contributed by atoms with E-state index < -0.39 is 4.92 Å². The van der Waals surface area contributed by atoms with Gasteiger partial charge in [0, 0.05) is 23.3 Å². The van der Waals surface area contributed by atoms with E-state index >= 15 is 0 Å². The first-order valence-electron chi connectivity index (χ1n) is 7.25. The van der Waals surface area contributed by atoms with Gasteiger partial charge in [0.05, 0.1) is 16.3 Å². The number of imidazole rings is 1. The molecule has 0 bridgehead atoms. The number of aromatic nitrogens is 2. The van der Waals surface area contributed by atoms with Crippen molar-refractivity contribution >= 4 is 5.69 Å². The van der Waals surface area contributed by atoms with Crippen LogP contribution in [0.2, 0.25) is 0 Å². The molecule has 0 radical (unpaired) electrons. The van der Waals surface area contributed by atoms with Crippen molar-refractivity contribution in [3.05, 3.63) is 69.9 Å². The Hall–Kier alpha value is -3.03. The van der Waals surface area contributed by atoms with Gasteiger partial charge in [-0.15, -0.1) is 0 Å². The second-order valence-corrected chi connectivity index (χ2v) is 5.36. The van der Waals surface area contributed by atoms with Crippen molar-refractivity contribution in [3.63, 3.8) is 0 Å². The Balaban J connectivity index is 2.02. The van der Waals surface area contributed by atoms with Crippen molar-refractivity contribution in [2.75, 3.05) is 0 Å². The summed E-state index contributed by atoms with van der Waals surface area (Å²) in [7, 11) is 0. The number of H-pyrrole nitrogens is 1. The van der Waals surface area contributed by atoms with Crippen molar-refractivity contribution in [1.82, 2.24) is 9.97 Å². The van der Waals surface area contributed by atoms with E-state index in [-0.39, 0.29) is 12.3 Å². The van der Waals surface area contributed by atoms with Gasteiger partial charge in [0.1, 0.15) is 12.4 Å². The van der Waals surface area contributed by atoms with Crippen molar-refractivity contribution in [2.45, 2.75) is 13.5 Å². The van der Waals surface area contributed by atoms with E-state index in [4.69, 9.17) is 5.26 Å². The fourth-order valence-corrected chi connectivity index (χ4v) is 2.41. The molecule has 0 aliphatic rings. The molecule has 3 rings (SSSR count). The Morgan fingerprint density at radius 2 is 1.75 bits per heavy atom. The van der Waals surface area contributed by atoms with Crippen LogP contribution in [-0.4, -0.2) is 20.1 Å². The van der Waals surface area contributed by atoms with E-state index in [0.29, 0.717) is 22.8 Å². The zero-order chi connectivity index (χ0) is 17.1. The maximum absolute atomic E-state index is 10.7. The first-order chi connectivity index (χ1) is 11.6. The third kappa shape index (κ3) is 3.17. The predicted molar refractivity (Wildman–Crippen MR) is 88.3 cm³/mol. The fraction of sp³-hybridized carbons (Fsp3) is 0.118. The second-order valence-electron chi connectivity index (χ2n) is 5.36. The highest BCUT2D eigenvalue weighted by Gasteiger charge is 2.14. The molecule has 2 aromatic carbocycles. The summed E-state index contributed by atoms with van der Waals surface area (Å²) in [6.07, 6.45) is 0. The van der Waals surface area contributed by atoms with Gasteiger partial charge in [-0.25, -0.2) is 9.87 Å². The minimum absolute atomic E-state index is 0.0166. The summed E-state index contributed by atoms with van der Waals surface area (Å²) in [5.41, 5.74) is 4.02. The number of nitro benzene ring substituents is 1. The van der Waals surface area contributed by atoms with Crippen LogP contribution in [0.5, 0.6) is 0 Å². The highest BCUT2D eigenvalue weighted by Crippen LogP contribution is 2.27. The molecule has 7 nitrogen and oxygen atoms in total. The minimum atomic E-state index is -0.450. The van der Waals surface area contributed by atoms with Gasteiger partial charge in [-0.1, -0.05) is 29.8 Å². The molecule has 1 aromatic heterocycles. The Morgan fingerprint density at radius 1 is 1.12 bits per heavy atom. The largest absolute Gasteiger partial charge is 0.339 e. The average Bonchev–Trinajstić information content (AvgIpc) is 3.00. The second kappa shape index (κ2) is 6.61. The van der Waals surface area contributed by atoms with Crippen LogP contribution in [0.1, 0.15) is 11.3 Å². The smallest absolute Gasteiger partial charge is 0.269 e. The molecular formula is C17H15N3O4. The van der Waals surface area contributed by atoms with Crippen LogP contribution in [0, 0.1) is 17.0 Å². The lowest BCUT2D eigenvalue weighted by molar-refractivity contribution is -0.384. The third-order valence-electron chi connectivity index (χ3n) is 3.66. The van der Waals surface area contributed by atoms with Crippen molar-refractivity contribution in [1.29, 1.82) is 0 Å². The van der Waals surface area contributed by atoms with E-state index in [1.54, 1.807) is 12.1 Å². The van der Waals surface area contributed by atoms with Crippen LogP contribution >= 0.6 is 0 Å². The number of aromatic amines is 1. The van der Waals surface area contributed by atoms with E-state index in [1.807, 2.05) is 31.2 Å². The van der Waals surface area contributed by atoms with Crippen LogP contribution in [0.25, 0.3) is 22.6 Å². The van der Waals surface area contributed by atoms with Gasteiger partial charge in [0.25, 0.3) is 5.69 Å². The number of rotatable bonds is 5. The maximum atomic E-state index is 10.7. The lowest BCUT2D eigenvalue weighted by Gasteiger charge is -2.01. The summed E-state index contributed by atoms with van der Waals surface area (Å²) in [5, 5.41) is 19.5. The molecule has 0 aliphatic carbocycles. The van der Waals surface area contributed by atoms with Crippen LogP contribution in [0.4, 0.5) is 5.69 Å². The van der Waals surface area contributed by atoms with Gasteiger partial charge in [0.2, 0.25) is 0 Å². The number of non-ortho nitro benzene ring substituents is 1. The van der Waals surface area contributed by atoms with E-state index in [1.165, 1.54) is 12.1 Å². The lowest BCUT2D eigenvalue weighted by Crippen LogP contribution is -1.91. The molecule has 0 unspecified atom stereocenters. The molecule has 0 amide bonds. The normalized spacial score (nSPS) is 10.8. The highest BCUT2D eigenvalue weighted by atomic mass is 17.1. The average molecular weight is 325 g/mol. The molecule has 0 spiro atoms. The maximum Gasteiger partial charge on any atom is 0.269 e. The van der Waals surface area contributed by atoms with E-state index in [0.717, 1.165) is 11.1 Å². The number of hydrogen-bond acceptors (Lipinski definition) is 5. The molecule has 122 valence electrons. The number of hydrogen-bond donors (Lipinski definition) is 2. The van der Waals surface area contributed by atoms with Gasteiger partial charge in [-0.05, 0) is 19.1 Å². The Bertz CT molecular complexity index is 855.